The summed E-state index contributed by atoms with van der Waals surface area (Å²) in [5, 5.41) is 3.11. The number of rotatable bonds is 7. The number of nitrogens with one attached hydrogen (secondary N) is 1. The van der Waals surface area contributed by atoms with Gasteiger partial charge in [-0.1, -0.05) is 34.1 Å². The normalized spacial score (nSPS) is 12.6. The van der Waals surface area contributed by atoms with E-state index in [9.17, 15) is 0 Å². The standard InChI is InChI=1S/C15H27N3O/c1-7-8-11(4)9-19-15-12(5)14(16-6)17-13(18-15)10(2)3/h10-11H,7-9H2,1-6H3,(H,16,17,18). The minimum atomic E-state index is 0.295. The summed E-state index contributed by atoms with van der Waals surface area (Å²) in [7, 11) is 1.88. The lowest BCUT2D eigenvalue weighted by molar-refractivity contribution is 0.240. The molecule has 0 aliphatic rings. The third-order valence-electron chi connectivity index (χ3n) is 3.16. The fourth-order valence-corrected chi connectivity index (χ4v) is 1.95. The van der Waals surface area contributed by atoms with E-state index in [0.717, 1.165) is 17.2 Å². The minimum Gasteiger partial charge on any atom is -0.477 e. The van der Waals surface area contributed by atoms with E-state index in [-0.39, 0.29) is 0 Å². The third-order valence-corrected chi connectivity index (χ3v) is 3.16. The second kappa shape index (κ2) is 7.31. The van der Waals surface area contributed by atoms with E-state index in [4.69, 9.17) is 4.74 Å². The molecule has 4 heteroatoms. The summed E-state index contributed by atoms with van der Waals surface area (Å²) in [4.78, 5) is 9.05. The molecule has 1 aromatic heterocycles. The van der Waals surface area contributed by atoms with Crippen LogP contribution < -0.4 is 10.1 Å². The SMILES string of the molecule is CCCC(C)COc1nc(C(C)C)nc(NC)c1C. The van der Waals surface area contributed by atoms with Gasteiger partial charge in [-0.05, 0) is 19.3 Å². The lowest BCUT2D eigenvalue weighted by Crippen LogP contribution is -2.13. The van der Waals surface area contributed by atoms with Crippen molar-refractivity contribution in [2.24, 2.45) is 5.92 Å². The van der Waals surface area contributed by atoms with Gasteiger partial charge in [0.05, 0.1) is 12.2 Å². The Kier molecular flexibility index (Phi) is 6.06. The maximum absolute atomic E-state index is 5.89. The van der Waals surface area contributed by atoms with Crippen molar-refractivity contribution in [2.45, 2.75) is 53.4 Å². The molecule has 1 aromatic rings. The fourth-order valence-electron chi connectivity index (χ4n) is 1.95. The Hall–Kier alpha value is -1.32. The molecule has 0 aliphatic heterocycles. The van der Waals surface area contributed by atoms with E-state index in [1.807, 2.05) is 14.0 Å². The predicted molar refractivity (Wildman–Crippen MR) is 80.0 cm³/mol. The molecule has 0 amide bonds. The summed E-state index contributed by atoms with van der Waals surface area (Å²) in [6.07, 6.45) is 2.37. The van der Waals surface area contributed by atoms with Gasteiger partial charge >= 0.3 is 0 Å². The summed E-state index contributed by atoms with van der Waals surface area (Å²) in [6.45, 7) is 11.3. The highest BCUT2D eigenvalue weighted by molar-refractivity contribution is 5.48. The van der Waals surface area contributed by atoms with Crippen LogP contribution in [0.5, 0.6) is 5.88 Å². The number of hydrogen-bond acceptors (Lipinski definition) is 4. The van der Waals surface area contributed by atoms with Crippen molar-refractivity contribution >= 4 is 5.82 Å². The van der Waals surface area contributed by atoms with E-state index in [0.29, 0.717) is 24.3 Å². The zero-order valence-electron chi connectivity index (χ0n) is 13.1. The molecule has 0 spiro atoms. The zero-order valence-corrected chi connectivity index (χ0v) is 13.1. The molecule has 0 saturated heterocycles. The van der Waals surface area contributed by atoms with Gasteiger partial charge in [0.2, 0.25) is 5.88 Å². The number of nitrogens with zero attached hydrogens (tertiary/aromatic N) is 2. The van der Waals surface area contributed by atoms with Crippen LogP contribution in [0.25, 0.3) is 0 Å². The van der Waals surface area contributed by atoms with Crippen molar-refractivity contribution in [1.82, 2.24) is 9.97 Å². The molecule has 0 bridgehead atoms. The molecule has 0 radical (unpaired) electrons. The summed E-state index contributed by atoms with van der Waals surface area (Å²) in [5.41, 5.74) is 0.982. The van der Waals surface area contributed by atoms with Crippen LogP contribution in [0.3, 0.4) is 0 Å². The van der Waals surface area contributed by atoms with Crippen molar-refractivity contribution in [3.05, 3.63) is 11.4 Å². The predicted octanol–water partition coefficient (Wildman–Crippen LogP) is 3.77. The Labute approximate surface area is 117 Å². The summed E-state index contributed by atoms with van der Waals surface area (Å²) >= 11 is 0. The molecule has 0 aliphatic carbocycles. The van der Waals surface area contributed by atoms with Gasteiger partial charge in [-0.25, -0.2) is 4.98 Å². The Bertz CT molecular complexity index is 405. The van der Waals surface area contributed by atoms with Crippen LogP contribution in [0.4, 0.5) is 5.82 Å². The van der Waals surface area contributed by atoms with Gasteiger partial charge in [0.15, 0.2) is 0 Å². The molecule has 1 atom stereocenters. The van der Waals surface area contributed by atoms with Gasteiger partial charge < -0.3 is 10.1 Å². The van der Waals surface area contributed by atoms with Crippen LogP contribution in [-0.4, -0.2) is 23.6 Å². The summed E-state index contributed by atoms with van der Waals surface area (Å²) in [6, 6.07) is 0. The van der Waals surface area contributed by atoms with E-state index < -0.39 is 0 Å². The van der Waals surface area contributed by atoms with Gasteiger partial charge in [-0.15, -0.1) is 0 Å². The van der Waals surface area contributed by atoms with Crippen LogP contribution >= 0.6 is 0 Å². The number of anilines is 1. The quantitative estimate of drug-likeness (QED) is 0.815. The van der Waals surface area contributed by atoms with Crippen LogP contribution in [0, 0.1) is 12.8 Å². The number of aromatic nitrogens is 2. The van der Waals surface area contributed by atoms with Gasteiger partial charge in [-0.2, -0.15) is 4.98 Å². The Morgan fingerprint density at radius 2 is 1.89 bits per heavy atom. The van der Waals surface area contributed by atoms with Crippen LogP contribution in [0.1, 0.15) is 57.8 Å². The number of hydrogen-bond donors (Lipinski definition) is 1. The van der Waals surface area contributed by atoms with E-state index >= 15 is 0 Å². The minimum absolute atomic E-state index is 0.295. The largest absolute Gasteiger partial charge is 0.477 e. The molecule has 1 N–H and O–H groups in total. The molecule has 19 heavy (non-hydrogen) atoms. The van der Waals surface area contributed by atoms with Crippen molar-refractivity contribution in [3.8, 4) is 5.88 Å². The average Bonchev–Trinajstić information content (AvgIpc) is 2.37. The Balaban J connectivity index is 2.89. The first kappa shape index (κ1) is 15.7. The van der Waals surface area contributed by atoms with E-state index in [1.54, 1.807) is 0 Å². The third kappa shape index (κ3) is 4.37. The smallest absolute Gasteiger partial charge is 0.221 e. The Morgan fingerprint density at radius 3 is 2.42 bits per heavy atom. The first-order valence-electron chi connectivity index (χ1n) is 7.18. The van der Waals surface area contributed by atoms with Crippen molar-refractivity contribution in [3.63, 3.8) is 0 Å². The van der Waals surface area contributed by atoms with Gasteiger partial charge in [0, 0.05) is 13.0 Å². The molecular weight excluding hydrogens is 238 g/mol. The van der Waals surface area contributed by atoms with Gasteiger partial charge in [0.1, 0.15) is 11.6 Å². The second-order valence-corrected chi connectivity index (χ2v) is 5.47. The lowest BCUT2D eigenvalue weighted by Gasteiger charge is -2.16. The molecular formula is C15H27N3O. The van der Waals surface area contributed by atoms with E-state index in [1.165, 1.54) is 12.8 Å². The number of ether oxygens (including phenoxy) is 1. The second-order valence-electron chi connectivity index (χ2n) is 5.47. The first-order valence-corrected chi connectivity index (χ1v) is 7.18. The Morgan fingerprint density at radius 1 is 1.21 bits per heavy atom. The van der Waals surface area contributed by atoms with Crippen molar-refractivity contribution < 1.29 is 4.74 Å². The maximum Gasteiger partial charge on any atom is 0.221 e. The van der Waals surface area contributed by atoms with Crippen LogP contribution in [0.2, 0.25) is 0 Å². The molecule has 4 nitrogen and oxygen atoms in total. The highest BCUT2D eigenvalue weighted by Crippen LogP contribution is 2.25. The van der Waals surface area contributed by atoms with Crippen LogP contribution in [0.15, 0.2) is 0 Å². The molecule has 1 heterocycles. The average molecular weight is 265 g/mol. The monoisotopic (exact) mass is 265 g/mol. The van der Waals surface area contributed by atoms with Gasteiger partial charge in [0.25, 0.3) is 0 Å². The topological polar surface area (TPSA) is 47.0 Å². The maximum atomic E-state index is 5.89. The molecule has 0 saturated carbocycles. The van der Waals surface area contributed by atoms with Crippen molar-refractivity contribution in [2.75, 3.05) is 19.0 Å². The highest BCUT2D eigenvalue weighted by Gasteiger charge is 2.14. The van der Waals surface area contributed by atoms with Crippen LogP contribution in [-0.2, 0) is 0 Å². The molecule has 0 fully saturated rings. The summed E-state index contributed by atoms with van der Waals surface area (Å²) in [5.74, 6) is 3.25. The van der Waals surface area contributed by atoms with E-state index in [2.05, 4.69) is 43.0 Å². The molecule has 1 rings (SSSR count). The summed E-state index contributed by atoms with van der Waals surface area (Å²) < 4.78 is 5.89. The molecule has 0 aromatic carbocycles. The fraction of sp³-hybridized carbons (Fsp3) is 0.733. The lowest BCUT2D eigenvalue weighted by atomic mass is 10.1. The first-order chi connectivity index (χ1) is 8.99. The zero-order chi connectivity index (χ0) is 14.4. The molecule has 108 valence electrons. The highest BCUT2D eigenvalue weighted by atomic mass is 16.5. The van der Waals surface area contributed by atoms with Gasteiger partial charge in [-0.3, -0.25) is 0 Å². The van der Waals surface area contributed by atoms with Crippen molar-refractivity contribution in [1.29, 1.82) is 0 Å². The molecule has 1 unspecified atom stereocenters.